The monoisotopic (exact) mass is 424 g/mol. The average Bonchev–Trinajstić information content (AvgIpc) is 3.31. The summed E-state index contributed by atoms with van der Waals surface area (Å²) in [5, 5.41) is 3.19. The van der Waals surface area contributed by atoms with Crippen molar-refractivity contribution >= 4 is 34.3 Å². The van der Waals surface area contributed by atoms with E-state index in [-0.39, 0.29) is 11.8 Å². The van der Waals surface area contributed by atoms with Crippen molar-refractivity contribution in [1.82, 2.24) is 9.80 Å². The number of hydrogen-bond acceptors (Lipinski definition) is 3. The average molecular weight is 425 g/mol. The molecule has 0 radical (unpaired) electrons. The molecule has 5 heteroatoms. The predicted octanol–water partition coefficient (Wildman–Crippen LogP) is 4.51. The van der Waals surface area contributed by atoms with Crippen LogP contribution in [0.3, 0.4) is 0 Å². The standard InChI is InChI=1S/C25H32N2O2S/c28-24(11-5-6-20-12-13-21-7-1-2-8-22(21)18-20)26-14-16-27(17-15-26)25(29)19-30-23-9-3-4-10-23/h1-2,7-8,12-13,18,23H,3-6,9-11,14-17,19H2. The Bertz CT molecular complexity index is 870. The lowest BCUT2D eigenvalue weighted by Crippen LogP contribution is -2.51. The largest absolute Gasteiger partial charge is 0.339 e. The fraction of sp³-hybridized carbons (Fsp3) is 0.520. The number of rotatable bonds is 7. The molecule has 0 spiro atoms. The molecule has 1 aliphatic carbocycles. The number of carbonyl (C=O) groups excluding carboxylic acids is 2. The van der Waals surface area contributed by atoms with Gasteiger partial charge in [0.05, 0.1) is 5.75 Å². The van der Waals surface area contributed by atoms with Gasteiger partial charge in [0.1, 0.15) is 0 Å². The Balaban J connectivity index is 1.16. The van der Waals surface area contributed by atoms with E-state index in [1.165, 1.54) is 42.0 Å². The fourth-order valence-corrected chi connectivity index (χ4v) is 5.76. The summed E-state index contributed by atoms with van der Waals surface area (Å²) in [7, 11) is 0. The number of aryl methyl sites for hydroxylation is 1. The van der Waals surface area contributed by atoms with Crippen molar-refractivity contribution in [3.63, 3.8) is 0 Å². The van der Waals surface area contributed by atoms with Gasteiger partial charge in [-0.3, -0.25) is 9.59 Å². The third kappa shape index (κ3) is 5.57. The van der Waals surface area contributed by atoms with Crippen molar-refractivity contribution in [3.05, 3.63) is 48.0 Å². The molecule has 160 valence electrons. The summed E-state index contributed by atoms with van der Waals surface area (Å²) in [6.45, 7) is 2.71. The number of thioether (sulfide) groups is 1. The van der Waals surface area contributed by atoms with Crippen molar-refractivity contribution in [2.45, 2.75) is 50.2 Å². The van der Waals surface area contributed by atoms with Crippen LogP contribution in [0.1, 0.15) is 44.1 Å². The highest BCUT2D eigenvalue weighted by molar-refractivity contribution is 8.00. The first-order valence-electron chi connectivity index (χ1n) is 11.3. The van der Waals surface area contributed by atoms with Crippen LogP contribution < -0.4 is 0 Å². The third-order valence-electron chi connectivity index (χ3n) is 6.40. The zero-order valence-electron chi connectivity index (χ0n) is 17.7. The van der Waals surface area contributed by atoms with Crippen molar-refractivity contribution < 1.29 is 9.59 Å². The van der Waals surface area contributed by atoms with E-state index in [1.54, 1.807) is 0 Å². The maximum Gasteiger partial charge on any atom is 0.232 e. The van der Waals surface area contributed by atoms with Gasteiger partial charge in [0.2, 0.25) is 11.8 Å². The smallest absolute Gasteiger partial charge is 0.232 e. The van der Waals surface area contributed by atoms with Crippen LogP contribution in [0.25, 0.3) is 10.8 Å². The van der Waals surface area contributed by atoms with E-state index < -0.39 is 0 Å². The number of carbonyl (C=O) groups is 2. The van der Waals surface area contributed by atoms with Crippen LogP contribution >= 0.6 is 11.8 Å². The molecule has 2 aliphatic rings. The van der Waals surface area contributed by atoms with E-state index in [1.807, 2.05) is 21.6 Å². The van der Waals surface area contributed by atoms with Gasteiger partial charge in [-0.2, -0.15) is 0 Å². The Morgan fingerprint density at radius 1 is 0.867 bits per heavy atom. The van der Waals surface area contributed by atoms with Crippen LogP contribution in [0.2, 0.25) is 0 Å². The van der Waals surface area contributed by atoms with Crippen LogP contribution in [0.15, 0.2) is 42.5 Å². The molecule has 1 saturated heterocycles. The first kappa shape index (κ1) is 21.2. The summed E-state index contributed by atoms with van der Waals surface area (Å²) in [6.07, 6.45) is 7.53. The number of benzene rings is 2. The number of nitrogens with zero attached hydrogens (tertiary/aromatic N) is 2. The zero-order valence-corrected chi connectivity index (χ0v) is 18.5. The van der Waals surface area contributed by atoms with Crippen molar-refractivity contribution in [2.75, 3.05) is 31.9 Å². The van der Waals surface area contributed by atoms with Crippen molar-refractivity contribution in [3.8, 4) is 0 Å². The summed E-state index contributed by atoms with van der Waals surface area (Å²) < 4.78 is 0. The van der Waals surface area contributed by atoms with Crippen molar-refractivity contribution in [1.29, 1.82) is 0 Å². The number of hydrogen-bond donors (Lipinski definition) is 0. The summed E-state index contributed by atoms with van der Waals surface area (Å²) in [5.41, 5.74) is 1.29. The third-order valence-corrected chi connectivity index (χ3v) is 7.76. The van der Waals surface area contributed by atoms with Gasteiger partial charge in [0.15, 0.2) is 0 Å². The second kappa shape index (κ2) is 10.3. The number of fused-ring (bicyclic) bond motifs is 1. The second-order valence-electron chi connectivity index (χ2n) is 8.51. The highest BCUT2D eigenvalue weighted by Crippen LogP contribution is 2.29. The van der Waals surface area contributed by atoms with Crippen LogP contribution in [0.4, 0.5) is 0 Å². The molecule has 4 rings (SSSR count). The molecular weight excluding hydrogens is 392 g/mol. The SMILES string of the molecule is O=C(CCCc1ccc2ccccc2c1)N1CCN(C(=O)CSC2CCCC2)CC1. The van der Waals surface area contributed by atoms with E-state index in [9.17, 15) is 9.59 Å². The van der Waals surface area contributed by atoms with Crippen LogP contribution in [-0.4, -0.2) is 58.8 Å². The summed E-state index contributed by atoms with van der Waals surface area (Å²) >= 11 is 1.83. The highest BCUT2D eigenvalue weighted by atomic mass is 32.2. The van der Waals surface area contributed by atoms with Gasteiger partial charge in [-0.15, -0.1) is 11.8 Å². The van der Waals surface area contributed by atoms with E-state index >= 15 is 0 Å². The van der Waals surface area contributed by atoms with Crippen LogP contribution in [-0.2, 0) is 16.0 Å². The molecule has 0 N–H and O–H groups in total. The van der Waals surface area contributed by atoms with Gasteiger partial charge in [0.25, 0.3) is 0 Å². The minimum absolute atomic E-state index is 0.225. The molecule has 4 nitrogen and oxygen atoms in total. The van der Waals surface area contributed by atoms with Gasteiger partial charge in [0, 0.05) is 37.8 Å². The maximum absolute atomic E-state index is 12.6. The fourth-order valence-electron chi connectivity index (χ4n) is 4.54. The second-order valence-corrected chi connectivity index (χ2v) is 9.80. The molecule has 2 amide bonds. The lowest BCUT2D eigenvalue weighted by Gasteiger charge is -2.35. The van der Waals surface area contributed by atoms with Gasteiger partial charge in [-0.05, 0) is 42.0 Å². The van der Waals surface area contributed by atoms with Crippen LogP contribution in [0, 0.1) is 0 Å². The highest BCUT2D eigenvalue weighted by Gasteiger charge is 2.25. The summed E-state index contributed by atoms with van der Waals surface area (Å²) in [4.78, 5) is 28.9. The topological polar surface area (TPSA) is 40.6 Å². The molecule has 1 saturated carbocycles. The Kier molecular flexibility index (Phi) is 7.32. The van der Waals surface area contributed by atoms with Crippen molar-refractivity contribution in [2.24, 2.45) is 0 Å². The Morgan fingerprint density at radius 3 is 2.27 bits per heavy atom. The molecule has 1 aliphatic heterocycles. The molecule has 0 bridgehead atoms. The van der Waals surface area contributed by atoms with E-state index in [0.29, 0.717) is 43.6 Å². The summed E-state index contributed by atoms with van der Waals surface area (Å²) in [5.74, 6) is 1.07. The number of amides is 2. The molecule has 0 aromatic heterocycles. The lowest BCUT2D eigenvalue weighted by molar-refractivity contribution is -0.138. The predicted molar refractivity (Wildman–Crippen MR) is 125 cm³/mol. The minimum atomic E-state index is 0.225. The molecule has 2 aromatic carbocycles. The molecule has 1 heterocycles. The Hall–Kier alpha value is -2.01. The van der Waals surface area contributed by atoms with E-state index in [4.69, 9.17) is 0 Å². The normalized spacial score (nSPS) is 17.6. The first-order chi connectivity index (χ1) is 14.7. The van der Waals surface area contributed by atoms with E-state index in [0.717, 1.165) is 12.8 Å². The Labute approximate surface area is 184 Å². The summed E-state index contributed by atoms with van der Waals surface area (Å²) in [6, 6.07) is 14.9. The molecule has 0 atom stereocenters. The van der Waals surface area contributed by atoms with Crippen LogP contribution in [0.5, 0.6) is 0 Å². The maximum atomic E-state index is 12.6. The lowest BCUT2D eigenvalue weighted by atomic mass is 10.0. The van der Waals surface area contributed by atoms with Gasteiger partial charge in [-0.25, -0.2) is 0 Å². The zero-order chi connectivity index (χ0) is 20.8. The quantitative estimate of drug-likeness (QED) is 0.657. The Morgan fingerprint density at radius 2 is 1.53 bits per heavy atom. The molecular formula is C25H32N2O2S. The van der Waals surface area contributed by atoms with Gasteiger partial charge in [-0.1, -0.05) is 55.3 Å². The number of piperazine rings is 1. The molecule has 0 unspecified atom stereocenters. The molecule has 2 fully saturated rings. The van der Waals surface area contributed by atoms with Gasteiger partial charge < -0.3 is 9.80 Å². The molecule has 2 aromatic rings. The van der Waals surface area contributed by atoms with Gasteiger partial charge >= 0.3 is 0 Å². The first-order valence-corrected chi connectivity index (χ1v) is 12.4. The van der Waals surface area contributed by atoms with E-state index in [2.05, 4.69) is 42.5 Å². The molecule has 30 heavy (non-hydrogen) atoms. The minimum Gasteiger partial charge on any atom is -0.339 e.